The number of nitrogens with zero attached hydrogens (tertiary/aromatic N) is 2. The molecule has 0 aromatic heterocycles. The zero-order valence-electron chi connectivity index (χ0n) is 12.1. The number of ether oxygens (including phenoxy) is 1. The summed E-state index contributed by atoms with van der Waals surface area (Å²) in [6.45, 7) is 0.334. The van der Waals surface area contributed by atoms with Crippen molar-refractivity contribution >= 4 is 28.8 Å². The van der Waals surface area contributed by atoms with E-state index in [1.165, 1.54) is 0 Å². The van der Waals surface area contributed by atoms with Crippen molar-refractivity contribution in [3.05, 3.63) is 59.1 Å². The normalized spacial score (nSPS) is 10.7. The smallest absolute Gasteiger partial charge is 0.201 e. The number of nitrogens with two attached hydrogens (primary N) is 1. The Labute approximate surface area is 138 Å². The molecule has 2 aromatic rings. The molecule has 0 bridgehead atoms. The van der Waals surface area contributed by atoms with E-state index in [1.54, 1.807) is 24.3 Å². The van der Waals surface area contributed by atoms with Gasteiger partial charge in [-0.1, -0.05) is 35.9 Å². The quantitative estimate of drug-likeness (QED) is 0.430. The summed E-state index contributed by atoms with van der Waals surface area (Å²) in [7, 11) is 0. The van der Waals surface area contributed by atoms with Gasteiger partial charge in [-0.3, -0.25) is 10.8 Å². The first kappa shape index (κ1) is 16.3. The van der Waals surface area contributed by atoms with Crippen molar-refractivity contribution in [2.75, 3.05) is 5.43 Å². The van der Waals surface area contributed by atoms with Crippen molar-refractivity contribution in [3.8, 4) is 11.8 Å². The van der Waals surface area contributed by atoms with Crippen LogP contribution in [0, 0.1) is 16.7 Å². The maximum atomic E-state index is 8.79. The standard InChI is InChI=1S/C16H14ClN5O/c17-13-6-1-2-7-15(13)23-10-11-4-3-5-12(8-11)21-22-14(9-18)16(19)20/h1-8,21H,10H2,(H3,19,20)/b22-14+. The van der Waals surface area contributed by atoms with Gasteiger partial charge in [0.05, 0.1) is 10.7 Å². The number of para-hydroxylation sites is 1. The van der Waals surface area contributed by atoms with Crippen molar-refractivity contribution in [3.63, 3.8) is 0 Å². The van der Waals surface area contributed by atoms with Crippen molar-refractivity contribution in [2.24, 2.45) is 10.8 Å². The maximum Gasteiger partial charge on any atom is 0.201 e. The second-order valence-corrected chi connectivity index (χ2v) is 4.92. The van der Waals surface area contributed by atoms with Crippen LogP contribution in [-0.2, 0) is 6.61 Å². The van der Waals surface area contributed by atoms with Crippen LogP contribution >= 0.6 is 11.6 Å². The lowest BCUT2D eigenvalue weighted by Gasteiger charge is -2.09. The number of amidine groups is 1. The Morgan fingerprint density at radius 2 is 2.09 bits per heavy atom. The minimum atomic E-state index is -0.391. The van der Waals surface area contributed by atoms with E-state index < -0.39 is 5.84 Å². The first-order valence-corrected chi connectivity index (χ1v) is 7.02. The topological polar surface area (TPSA) is 107 Å². The Kier molecular flexibility index (Phi) is 5.56. The summed E-state index contributed by atoms with van der Waals surface area (Å²) < 4.78 is 5.66. The largest absolute Gasteiger partial charge is 0.487 e. The molecule has 0 saturated carbocycles. The Bertz CT molecular complexity index is 782. The predicted molar refractivity (Wildman–Crippen MR) is 90.8 cm³/mol. The second-order valence-electron chi connectivity index (χ2n) is 4.52. The first-order valence-electron chi connectivity index (χ1n) is 6.64. The van der Waals surface area contributed by atoms with Crippen LogP contribution in [-0.4, -0.2) is 11.5 Å². The molecule has 2 rings (SSSR count). The minimum Gasteiger partial charge on any atom is -0.487 e. The van der Waals surface area contributed by atoms with Crippen LogP contribution in [0.3, 0.4) is 0 Å². The van der Waals surface area contributed by atoms with Gasteiger partial charge in [0, 0.05) is 0 Å². The summed E-state index contributed by atoms with van der Waals surface area (Å²) in [5.41, 5.74) is 9.28. The second kappa shape index (κ2) is 7.82. The van der Waals surface area contributed by atoms with Gasteiger partial charge in [-0.15, -0.1) is 0 Å². The molecular formula is C16H14ClN5O. The zero-order valence-corrected chi connectivity index (χ0v) is 12.8. The lowest BCUT2D eigenvalue weighted by Crippen LogP contribution is -2.21. The van der Waals surface area contributed by atoms with Crippen LogP contribution in [0.2, 0.25) is 5.02 Å². The van der Waals surface area contributed by atoms with E-state index in [4.69, 9.17) is 32.7 Å². The number of anilines is 1. The Hall–Kier alpha value is -3.04. The zero-order chi connectivity index (χ0) is 16.7. The van der Waals surface area contributed by atoms with E-state index in [-0.39, 0.29) is 5.71 Å². The molecule has 0 heterocycles. The Morgan fingerprint density at radius 1 is 1.30 bits per heavy atom. The highest BCUT2D eigenvalue weighted by Crippen LogP contribution is 2.24. The van der Waals surface area contributed by atoms with Crippen LogP contribution in [0.5, 0.6) is 5.75 Å². The molecule has 4 N–H and O–H groups in total. The van der Waals surface area contributed by atoms with Gasteiger partial charge in [0.2, 0.25) is 5.71 Å². The summed E-state index contributed by atoms with van der Waals surface area (Å²) in [5, 5.41) is 20.3. The summed E-state index contributed by atoms with van der Waals surface area (Å²) in [4.78, 5) is 0. The van der Waals surface area contributed by atoms with Gasteiger partial charge in [0.15, 0.2) is 5.84 Å². The number of nitrogens with one attached hydrogen (secondary N) is 2. The van der Waals surface area contributed by atoms with Gasteiger partial charge in [0.1, 0.15) is 18.4 Å². The van der Waals surface area contributed by atoms with Crippen molar-refractivity contribution in [2.45, 2.75) is 6.61 Å². The summed E-state index contributed by atoms with van der Waals surface area (Å²) in [6, 6.07) is 16.3. The SMILES string of the molecule is N#C/C(=N\Nc1cccc(COc2ccccc2Cl)c1)C(=N)N. The minimum absolute atomic E-state index is 0.178. The third kappa shape index (κ3) is 4.73. The molecule has 116 valence electrons. The van der Waals surface area contributed by atoms with Gasteiger partial charge in [-0.05, 0) is 29.8 Å². The van der Waals surface area contributed by atoms with E-state index in [0.29, 0.717) is 23.1 Å². The lowest BCUT2D eigenvalue weighted by atomic mass is 10.2. The van der Waals surface area contributed by atoms with Crippen molar-refractivity contribution < 1.29 is 4.74 Å². The van der Waals surface area contributed by atoms with E-state index in [9.17, 15) is 0 Å². The number of hydrazone groups is 1. The van der Waals surface area contributed by atoms with Crippen LogP contribution in [0.1, 0.15) is 5.56 Å². The molecule has 0 fully saturated rings. The van der Waals surface area contributed by atoms with Crippen LogP contribution in [0.15, 0.2) is 53.6 Å². The summed E-state index contributed by atoms with van der Waals surface area (Å²) >= 11 is 6.03. The molecule has 23 heavy (non-hydrogen) atoms. The van der Waals surface area contributed by atoms with Gasteiger partial charge in [-0.2, -0.15) is 10.4 Å². The average molecular weight is 328 g/mol. The van der Waals surface area contributed by atoms with E-state index in [1.807, 2.05) is 30.3 Å². The van der Waals surface area contributed by atoms with E-state index >= 15 is 0 Å². The molecular weight excluding hydrogens is 314 g/mol. The van der Waals surface area contributed by atoms with Crippen molar-refractivity contribution in [1.82, 2.24) is 0 Å². The van der Waals surface area contributed by atoms with Crippen LogP contribution in [0.25, 0.3) is 0 Å². The third-order valence-electron chi connectivity index (χ3n) is 2.82. The summed E-state index contributed by atoms with van der Waals surface area (Å²) in [6.07, 6.45) is 0. The Morgan fingerprint density at radius 3 is 2.78 bits per heavy atom. The molecule has 0 radical (unpaired) electrons. The molecule has 0 unspecified atom stereocenters. The number of benzene rings is 2. The fraction of sp³-hybridized carbons (Fsp3) is 0.0625. The van der Waals surface area contributed by atoms with E-state index in [0.717, 1.165) is 5.56 Å². The van der Waals surface area contributed by atoms with E-state index in [2.05, 4.69) is 10.5 Å². The van der Waals surface area contributed by atoms with Gasteiger partial charge >= 0.3 is 0 Å². The highest BCUT2D eigenvalue weighted by Gasteiger charge is 2.03. The lowest BCUT2D eigenvalue weighted by molar-refractivity contribution is 0.306. The fourth-order valence-corrected chi connectivity index (χ4v) is 1.91. The first-order chi connectivity index (χ1) is 11.1. The maximum absolute atomic E-state index is 8.79. The van der Waals surface area contributed by atoms with Crippen LogP contribution < -0.4 is 15.9 Å². The molecule has 0 aliphatic rings. The molecule has 0 spiro atoms. The van der Waals surface area contributed by atoms with Gasteiger partial charge < -0.3 is 10.5 Å². The number of nitriles is 1. The monoisotopic (exact) mass is 327 g/mol. The molecule has 0 saturated heterocycles. The fourth-order valence-electron chi connectivity index (χ4n) is 1.72. The Balaban J connectivity index is 2.04. The molecule has 0 amide bonds. The van der Waals surface area contributed by atoms with Crippen LogP contribution in [0.4, 0.5) is 5.69 Å². The van der Waals surface area contributed by atoms with Gasteiger partial charge in [-0.25, -0.2) is 0 Å². The average Bonchev–Trinajstić information content (AvgIpc) is 2.55. The predicted octanol–water partition coefficient (Wildman–Crippen LogP) is 3.15. The summed E-state index contributed by atoms with van der Waals surface area (Å²) in [5.74, 6) is 0.215. The molecule has 6 nitrogen and oxygen atoms in total. The highest BCUT2D eigenvalue weighted by molar-refractivity contribution is 6.45. The van der Waals surface area contributed by atoms with Crippen molar-refractivity contribution in [1.29, 1.82) is 10.7 Å². The highest BCUT2D eigenvalue weighted by atomic mass is 35.5. The molecule has 0 aliphatic carbocycles. The van der Waals surface area contributed by atoms with Gasteiger partial charge in [0.25, 0.3) is 0 Å². The molecule has 0 aliphatic heterocycles. The number of hydrogen-bond acceptors (Lipinski definition) is 5. The molecule has 7 heteroatoms. The number of hydrogen-bond donors (Lipinski definition) is 3. The number of rotatable bonds is 6. The molecule has 2 aromatic carbocycles. The molecule has 0 atom stereocenters. The third-order valence-corrected chi connectivity index (χ3v) is 3.13. The number of halogens is 1.